The second-order valence-electron chi connectivity index (χ2n) is 6.01. The van der Waals surface area contributed by atoms with E-state index in [0.29, 0.717) is 5.57 Å². The first kappa shape index (κ1) is 21.4. The number of thioether (sulfide) groups is 1. The summed E-state index contributed by atoms with van der Waals surface area (Å²) in [7, 11) is 0. The highest BCUT2D eigenvalue weighted by molar-refractivity contribution is 8.13. The highest BCUT2D eigenvalue weighted by Crippen LogP contribution is 2.13. The van der Waals surface area contributed by atoms with Gasteiger partial charge in [-0.05, 0) is 17.2 Å². The molecule has 0 heterocycles. The zero-order chi connectivity index (χ0) is 20.2. The zero-order valence-corrected chi connectivity index (χ0v) is 16.5. The van der Waals surface area contributed by atoms with E-state index in [1.165, 1.54) is 6.92 Å². The number of nitrogens with one attached hydrogen (secondary N) is 1. The number of hydrogen-bond acceptors (Lipinski definition) is 5. The average Bonchev–Trinajstić information content (AvgIpc) is 2.71. The van der Waals surface area contributed by atoms with E-state index in [1.54, 1.807) is 6.08 Å². The Hall–Kier alpha value is -2.86. The molecule has 28 heavy (non-hydrogen) atoms. The van der Waals surface area contributed by atoms with Crippen LogP contribution in [0.4, 0.5) is 0 Å². The van der Waals surface area contributed by atoms with Crippen molar-refractivity contribution in [3.05, 3.63) is 77.4 Å². The molecule has 0 bridgehead atoms. The monoisotopic (exact) mass is 397 g/mol. The summed E-state index contributed by atoms with van der Waals surface area (Å²) in [4.78, 5) is 35.6. The molecule has 0 atom stereocenters. The molecule has 0 saturated heterocycles. The molecule has 0 aliphatic heterocycles. The summed E-state index contributed by atoms with van der Waals surface area (Å²) in [6, 6.07) is 18.8. The van der Waals surface area contributed by atoms with Crippen molar-refractivity contribution < 1.29 is 19.1 Å². The Morgan fingerprint density at radius 3 is 2.29 bits per heavy atom. The topological polar surface area (TPSA) is 72.5 Å². The van der Waals surface area contributed by atoms with E-state index in [-0.39, 0.29) is 42.3 Å². The minimum absolute atomic E-state index is 0.0590. The number of benzene rings is 2. The minimum Gasteiger partial charge on any atom is -0.461 e. The first-order chi connectivity index (χ1) is 13.5. The van der Waals surface area contributed by atoms with Crippen LogP contribution in [0.1, 0.15) is 24.5 Å². The number of carbonyl (C=O) groups excluding carboxylic acids is 3. The average molecular weight is 397 g/mol. The maximum absolute atomic E-state index is 12.5. The molecular weight excluding hydrogens is 374 g/mol. The van der Waals surface area contributed by atoms with E-state index in [4.69, 9.17) is 4.74 Å². The smallest absolute Gasteiger partial charge is 0.307 e. The molecule has 146 valence electrons. The van der Waals surface area contributed by atoms with Crippen molar-refractivity contribution in [2.24, 2.45) is 0 Å². The van der Waals surface area contributed by atoms with E-state index >= 15 is 0 Å². The van der Waals surface area contributed by atoms with Gasteiger partial charge in [-0.3, -0.25) is 14.4 Å². The van der Waals surface area contributed by atoms with Crippen LogP contribution >= 0.6 is 11.8 Å². The van der Waals surface area contributed by atoms with Gasteiger partial charge in [-0.25, -0.2) is 0 Å². The van der Waals surface area contributed by atoms with Crippen molar-refractivity contribution in [1.82, 2.24) is 5.32 Å². The Morgan fingerprint density at radius 2 is 1.64 bits per heavy atom. The number of ether oxygens (including phenoxy) is 1. The van der Waals surface area contributed by atoms with Gasteiger partial charge in [-0.15, -0.1) is 0 Å². The van der Waals surface area contributed by atoms with Gasteiger partial charge in [-0.2, -0.15) is 0 Å². The second kappa shape index (κ2) is 11.8. The molecule has 0 spiro atoms. The number of rotatable bonds is 9. The van der Waals surface area contributed by atoms with Crippen LogP contribution < -0.4 is 5.32 Å². The molecule has 5 nitrogen and oxygen atoms in total. The quantitative estimate of drug-likeness (QED) is 0.517. The summed E-state index contributed by atoms with van der Waals surface area (Å²) in [5.41, 5.74) is 2.26. The fraction of sp³-hybridized carbons (Fsp3) is 0.227. The van der Waals surface area contributed by atoms with Crippen LogP contribution in [0.2, 0.25) is 0 Å². The van der Waals surface area contributed by atoms with Crippen molar-refractivity contribution in [2.75, 3.05) is 12.3 Å². The fourth-order valence-electron chi connectivity index (χ4n) is 2.30. The molecule has 0 aliphatic carbocycles. The van der Waals surface area contributed by atoms with Crippen LogP contribution in [-0.4, -0.2) is 29.3 Å². The molecule has 1 amide bonds. The van der Waals surface area contributed by atoms with Gasteiger partial charge in [0.25, 0.3) is 0 Å². The van der Waals surface area contributed by atoms with Gasteiger partial charge in [0, 0.05) is 24.8 Å². The van der Waals surface area contributed by atoms with Gasteiger partial charge in [0.2, 0.25) is 5.91 Å². The highest BCUT2D eigenvalue weighted by atomic mass is 32.2. The number of carbonyl (C=O) groups is 3. The maximum atomic E-state index is 12.5. The summed E-state index contributed by atoms with van der Waals surface area (Å²) in [6.45, 7) is 1.84. The van der Waals surface area contributed by atoms with Crippen molar-refractivity contribution in [2.45, 2.75) is 20.0 Å². The standard InChI is InChI=1S/C22H23NO4S/c1-17(24)28-16-20(14-18-8-4-2-5-9-18)22(26)23-13-12-21(25)27-15-19-10-6-3-7-11-19/h2-11,14H,12-13,15-16H2,1H3,(H,23,26)/b20-14+. The SMILES string of the molecule is CC(=O)SC/C(=C\c1ccccc1)C(=O)NCCC(=O)OCc1ccccc1. The molecule has 0 radical (unpaired) electrons. The predicted molar refractivity (Wildman–Crippen MR) is 111 cm³/mol. The summed E-state index contributed by atoms with van der Waals surface area (Å²) >= 11 is 1.07. The van der Waals surface area contributed by atoms with Crippen LogP contribution in [0.25, 0.3) is 6.08 Å². The third-order valence-electron chi connectivity index (χ3n) is 3.72. The van der Waals surface area contributed by atoms with E-state index in [1.807, 2.05) is 60.7 Å². The third kappa shape index (κ3) is 8.22. The fourth-order valence-corrected chi connectivity index (χ4v) is 2.88. The third-order valence-corrected chi connectivity index (χ3v) is 4.58. The summed E-state index contributed by atoms with van der Waals surface area (Å²) < 4.78 is 5.19. The molecule has 1 N–H and O–H groups in total. The lowest BCUT2D eigenvalue weighted by atomic mass is 10.1. The Bertz CT molecular complexity index is 819. The number of amides is 1. The molecule has 0 unspecified atom stereocenters. The first-order valence-corrected chi connectivity index (χ1v) is 9.90. The zero-order valence-electron chi connectivity index (χ0n) is 15.7. The first-order valence-electron chi connectivity index (χ1n) is 8.91. The van der Waals surface area contributed by atoms with Crippen molar-refractivity contribution >= 4 is 34.8 Å². The van der Waals surface area contributed by atoms with Crippen LogP contribution in [0.15, 0.2) is 66.2 Å². The normalized spacial score (nSPS) is 11.0. The molecule has 2 aromatic carbocycles. The number of hydrogen-bond donors (Lipinski definition) is 1. The van der Waals surface area contributed by atoms with E-state index in [2.05, 4.69) is 5.32 Å². The molecule has 2 aromatic rings. The van der Waals surface area contributed by atoms with Crippen LogP contribution in [0, 0.1) is 0 Å². The lowest BCUT2D eigenvalue weighted by Gasteiger charge is -2.09. The molecule has 0 aromatic heterocycles. The van der Waals surface area contributed by atoms with Crippen molar-refractivity contribution in [1.29, 1.82) is 0 Å². The van der Waals surface area contributed by atoms with E-state index < -0.39 is 0 Å². The van der Waals surface area contributed by atoms with Gasteiger partial charge in [0.05, 0.1) is 6.42 Å². The lowest BCUT2D eigenvalue weighted by molar-refractivity contribution is -0.144. The Kier molecular flexibility index (Phi) is 9.01. The summed E-state index contributed by atoms with van der Waals surface area (Å²) in [5.74, 6) is -0.404. The van der Waals surface area contributed by atoms with Gasteiger partial charge in [0.1, 0.15) is 6.61 Å². The molecule has 0 aliphatic rings. The summed E-state index contributed by atoms with van der Waals surface area (Å²) in [6.07, 6.45) is 1.83. The van der Waals surface area contributed by atoms with Gasteiger partial charge < -0.3 is 10.1 Å². The van der Waals surface area contributed by atoms with Crippen molar-refractivity contribution in [3.8, 4) is 0 Å². The molecule has 0 saturated carbocycles. The molecule has 0 fully saturated rings. The molecule has 2 rings (SSSR count). The van der Waals surface area contributed by atoms with Gasteiger partial charge in [0.15, 0.2) is 5.12 Å². The number of esters is 1. The second-order valence-corrected chi connectivity index (χ2v) is 7.16. The molecular formula is C22H23NO4S. The lowest BCUT2D eigenvalue weighted by Crippen LogP contribution is -2.28. The largest absolute Gasteiger partial charge is 0.461 e. The van der Waals surface area contributed by atoms with Gasteiger partial charge in [-0.1, -0.05) is 72.4 Å². The van der Waals surface area contributed by atoms with Gasteiger partial charge >= 0.3 is 5.97 Å². The van der Waals surface area contributed by atoms with Crippen LogP contribution in [0.5, 0.6) is 0 Å². The highest BCUT2D eigenvalue weighted by Gasteiger charge is 2.12. The minimum atomic E-state index is -0.379. The van der Waals surface area contributed by atoms with Crippen LogP contribution in [0.3, 0.4) is 0 Å². The van der Waals surface area contributed by atoms with Crippen molar-refractivity contribution in [3.63, 3.8) is 0 Å². The molecule has 6 heteroatoms. The van der Waals surface area contributed by atoms with E-state index in [0.717, 1.165) is 22.9 Å². The predicted octanol–water partition coefficient (Wildman–Crippen LogP) is 3.60. The van der Waals surface area contributed by atoms with Crippen LogP contribution in [-0.2, 0) is 25.7 Å². The Morgan fingerprint density at radius 1 is 1.00 bits per heavy atom. The van der Waals surface area contributed by atoms with E-state index in [9.17, 15) is 14.4 Å². The maximum Gasteiger partial charge on any atom is 0.307 e. The summed E-state index contributed by atoms with van der Waals surface area (Å²) in [5, 5.41) is 2.66. The Balaban J connectivity index is 1.84. The Labute approximate surface area is 169 Å².